The average Bonchev–Trinajstić information content (AvgIpc) is 2.35. The van der Waals surface area contributed by atoms with Crippen LogP contribution in [-0.4, -0.2) is 19.7 Å². The first-order valence-corrected chi connectivity index (χ1v) is 8.08. The van der Waals surface area contributed by atoms with E-state index in [1.54, 1.807) is 12.1 Å². The minimum absolute atomic E-state index is 0.417. The van der Waals surface area contributed by atoms with E-state index in [1.807, 2.05) is 25.1 Å². The summed E-state index contributed by atoms with van der Waals surface area (Å²) in [5.74, 6) is 0.606. The predicted molar refractivity (Wildman–Crippen MR) is 82.2 cm³/mol. The van der Waals surface area contributed by atoms with Gasteiger partial charge in [-0.15, -0.1) is 0 Å². The zero-order chi connectivity index (χ0) is 14.8. The lowest BCUT2D eigenvalue weighted by atomic mass is 10.2. The Morgan fingerprint density at radius 3 is 2.55 bits per heavy atom. The zero-order valence-corrected chi connectivity index (χ0v) is 12.6. The van der Waals surface area contributed by atoms with Crippen LogP contribution in [0, 0.1) is 6.92 Å². The van der Waals surface area contributed by atoms with Gasteiger partial charge in [0.2, 0.25) is 10.0 Å². The molecule has 0 fully saturated rings. The Bertz CT molecular complexity index is 715. The summed E-state index contributed by atoms with van der Waals surface area (Å²) in [4.78, 5) is 4.15. The highest BCUT2D eigenvalue weighted by Gasteiger charge is 2.05. The van der Waals surface area contributed by atoms with Crippen LogP contribution in [0.25, 0.3) is 0 Å². The second kappa shape index (κ2) is 5.68. The molecule has 106 valence electrons. The van der Waals surface area contributed by atoms with E-state index in [1.165, 1.54) is 6.20 Å². The fourth-order valence-corrected chi connectivity index (χ4v) is 2.35. The normalized spacial score (nSPS) is 11.2. The van der Waals surface area contributed by atoms with Gasteiger partial charge >= 0.3 is 0 Å². The molecule has 1 aromatic carbocycles. The van der Waals surface area contributed by atoms with Crippen molar-refractivity contribution in [1.29, 1.82) is 0 Å². The molecule has 1 heterocycles. The van der Waals surface area contributed by atoms with E-state index in [0.717, 1.165) is 17.5 Å². The fourth-order valence-electron chi connectivity index (χ4n) is 1.62. The van der Waals surface area contributed by atoms with Gasteiger partial charge in [0.15, 0.2) is 0 Å². The molecule has 1 aromatic heterocycles. The second-order valence-electron chi connectivity index (χ2n) is 4.34. The van der Waals surface area contributed by atoms with Crippen LogP contribution < -0.4 is 10.0 Å². The van der Waals surface area contributed by atoms with E-state index < -0.39 is 10.0 Å². The summed E-state index contributed by atoms with van der Waals surface area (Å²) in [5, 5.41) is 3.80. The Morgan fingerprint density at radius 2 is 1.95 bits per heavy atom. The van der Waals surface area contributed by atoms with Crippen LogP contribution in [0.3, 0.4) is 0 Å². The lowest BCUT2D eigenvalue weighted by Gasteiger charge is -2.10. The van der Waals surface area contributed by atoms with Crippen LogP contribution in [0.4, 0.5) is 17.2 Å². The highest BCUT2D eigenvalue weighted by Crippen LogP contribution is 2.25. The molecule has 0 unspecified atom stereocenters. The summed E-state index contributed by atoms with van der Waals surface area (Å²) in [6.07, 6.45) is 2.54. The molecule has 0 aliphatic carbocycles. The van der Waals surface area contributed by atoms with Gasteiger partial charge in [0, 0.05) is 10.7 Å². The van der Waals surface area contributed by atoms with Gasteiger partial charge in [-0.05, 0) is 36.8 Å². The van der Waals surface area contributed by atoms with Crippen molar-refractivity contribution < 1.29 is 8.42 Å². The van der Waals surface area contributed by atoms with Gasteiger partial charge in [0.05, 0.1) is 18.1 Å². The lowest BCUT2D eigenvalue weighted by Crippen LogP contribution is -2.09. The summed E-state index contributed by atoms with van der Waals surface area (Å²) >= 11 is 6.04. The monoisotopic (exact) mass is 311 g/mol. The summed E-state index contributed by atoms with van der Waals surface area (Å²) in [5.41, 5.74) is 2.20. The van der Waals surface area contributed by atoms with Crippen molar-refractivity contribution in [2.45, 2.75) is 6.92 Å². The van der Waals surface area contributed by atoms with Gasteiger partial charge in [-0.3, -0.25) is 4.72 Å². The third-order valence-corrected chi connectivity index (χ3v) is 3.61. The number of nitrogens with zero attached hydrogens (tertiary/aromatic N) is 1. The Balaban J connectivity index is 2.17. The number of rotatable bonds is 4. The SMILES string of the molecule is Cc1c(Cl)cccc1Nc1ccc(NS(C)(=O)=O)cn1. The maximum absolute atomic E-state index is 11.1. The third kappa shape index (κ3) is 3.85. The van der Waals surface area contributed by atoms with Crippen molar-refractivity contribution in [1.82, 2.24) is 4.98 Å². The summed E-state index contributed by atoms with van der Waals surface area (Å²) in [7, 11) is -3.29. The number of aromatic nitrogens is 1. The molecule has 2 rings (SSSR count). The van der Waals surface area contributed by atoms with Crippen LogP contribution in [-0.2, 0) is 10.0 Å². The van der Waals surface area contributed by atoms with Crippen LogP contribution in [0.15, 0.2) is 36.5 Å². The Morgan fingerprint density at radius 1 is 1.20 bits per heavy atom. The molecular formula is C13H14ClN3O2S. The number of nitrogens with one attached hydrogen (secondary N) is 2. The highest BCUT2D eigenvalue weighted by molar-refractivity contribution is 7.92. The molecule has 0 bridgehead atoms. The van der Waals surface area contributed by atoms with E-state index in [-0.39, 0.29) is 0 Å². The molecule has 0 saturated heterocycles. The zero-order valence-electron chi connectivity index (χ0n) is 11.0. The van der Waals surface area contributed by atoms with Gasteiger partial charge in [-0.1, -0.05) is 17.7 Å². The number of hydrogen-bond acceptors (Lipinski definition) is 4. The van der Waals surface area contributed by atoms with Gasteiger partial charge in [-0.2, -0.15) is 0 Å². The summed E-state index contributed by atoms with van der Waals surface area (Å²) in [6.45, 7) is 1.91. The lowest BCUT2D eigenvalue weighted by molar-refractivity contribution is 0.607. The first-order valence-electron chi connectivity index (χ1n) is 5.81. The van der Waals surface area contributed by atoms with Crippen LogP contribution in [0.1, 0.15) is 5.56 Å². The van der Waals surface area contributed by atoms with Gasteiger partial charge in [0.1, 0.15) is 5.82 Å². The molecule has 0 saturated carbocycles. The maximum atomic E-state index is 11.1. The van der Waals surface area contributed by atoms with Crippen molar-refractivity contribution in [3.63, 3.8) is 0 Å². The summed E-state index contributed by atoms with van der Waals surface area (Å²) < 4.78 is 24.5. The average molecular weight is 312 g/mol. The first-order chi connectivity index (χ1) is 9.35. The van der Waals surface area contributed by atoms with Crippen molar-refractivity contribution in [2.75, 3.05) is 16.3 Å². The van der Waals surface area contributed by atoms with Gasteiger partial charge in [0.25, 0.3) is 0 Å². The third-order valence-electron chi connectivity index (χ3n) is 2.60. The van der Waals surface area contributed by atoms with Gasteiger partial charge in [-0.25, -0.2) is 13.4 Å². The molecule has 7 heteroatoms. The number of hydrogen-bond donors (Lipinski definition) is 2. The van der Waals surface area contributed by atoms with E-state index in [2.05, 4.69) is 15.0 Å². The highest BCUT2D eigenvalue weighted by atomic mass is 35.5. The van der Waals surface area contributed by atoms with Crippen molar-refractivity contribution >= 4 is 38.8 Å². The number of halogens is 1. The molecule has 0 aliphatic rings. The Labute approximate surface area is 123 Å². The quantitative estimate of drug-likeness (QED) is 0.910. The van der Waals surface area contributed by atoms with Crippen LogP contribution in [0.5, 0.6) is 0 Å². The van der Waals surface area contributed by atoms with Crippen LogP contribution >= 0.6 is 11.6 Å². The largest absolute Gasteiger partial charge is 0.340 e. The van der Waals surface area contributed by atoms with Crippen molar-refractivity contribution in [3.8, 4) is 0 Å². The number of anilines is 3. The second-order valence-corrected chi connectivity index (χ2v) is 6.50. The van der Waals surface area contributed by atoms with Gasteiger partial charge < -0.3 is 5.32 Å². The Kier molecular flexibility index (Phi) is 4.15. The smallest absolute Gasteiger partial charge is 0.229 e. The molecule has 20 heavy (non-hydrogen) atoms. The Hall–Kier alpha value is -1.79. The minimum atomic E-state index is -3.29. The molecule has 2 aromatic rings. The van der Waals surface area contributed by atoms with E-state index >= 15 is 0 Å². The van der Waals surface area contributed by atoms with Crippen molar-refractivity contribution in [3.05, 3.63) is 47.1 Å². The molecule has 5 nitrogen and oxygen atoms in total. The molecule has 0 amide bonds. The maximum Gasteiger partial charge on any atom is 0.229 e. The molecule has 2 N–H and O–H groups in total. The number of sulfonamides is 1. The van der Waals surface area contributed by atoms with E-state index in [4.69, 9.17) is 11.6 Å². The van der Waals surface area contributed by atoms with Crippen molar-refractivity contribution in [2.24, 2.45) is 0 Å². The number of benzene rings is 1. The molecule has 0 radical (unpaired) electrons. The standard InChI is InChI=1S/C13H14ClN3O2S/c1-9-11(14)4-3-5-12(9)16-13-7-6-10(8-15-13)17-20(2,18)19/h3-8,17H,1-2H3,(H,15,16). The molecule has 0 spiro atoms. The summed E-state index contributed by atoms with van der Waals surface area (Å²) in [6, 6.07) is 8.88. The van der Waals surface area contributed by atoms with E-state index in [9.17, 15) is 8.42 Å². The van der Waals surface area contributed by atoms with Crippen LogP contribution in [0.2, 0.25) is 5.02 Å². The molecule has 0 aliphatic heterocycles. The number of pyridine rings is 1. The predicted octanol–water partition coefficient (Wildman–Crippen LogP) is 3.16. The van der Waals surface area contributed by atoms with E-state index in [0.29, 0.717) is 16.5 Å². The minimum Gasteiger partial charge on any atom is -0.340 e. The molecular weight excluding hydrogens is 298 g/mol. The topological polar surface area (TPSA) is 71.1 Å². The first kappa shape index (κ1) is 14.6. The molecule has 0 atom stereocenters. The fraction of sp³-hybridized carbons (Fsp3) is 0.154.